The smallest absolute Gasteiger partial charge is 0.227 e. The number of methoxy groups -OCH3 is 1. The minimum Gasteiger partial charge on any atom is -0.497 e. The Morgan fingerprint density at radius 2 is 2.23 bits per heavy atom. The lowest BCUT2D eigenvalue weighted by Gasteiger charge is -2.17. The summed E-state index contributed by atoms with van der Waals surface area (Å²) in [5.74, 6) is 0.941. The van der Waals surface area contributed by atoms with Gasteiger partial charge in [-0.1, -0.05) is 19.9 Å². The number of amides is 2. The highest BCUT2D eigenvalue weighted by Gasteiger charge is 2.35. The maximum absolute atomic E-state index is 12.2. The van der Waals surface area contributed by atoms with Crippen LogP contribution in [0.4, 0.5) is 5.69 Å². The second-order valence-corrected chi connectivity index (χ2v) is 6.08. The Morgan fingerprint density at radius 1 is 1.45 bits per heavy atom. The molecule has 1 saturated heterocycles. The van der Waals surface area contributed by atoms with E-state index in [1.807, 2.05) is 24.3 Å². The number of ether oxygens (including phenoxy) is 1. The topological polar surface area (TPSA) is 58.6 Å². The Hall–Kier alpha value is -2.04. The molecule has 1 aromatic carbocycles. The van der Waals surface area contributed by atoms with Gasteiger partial charge in [0.05, 0.1) is 13.0 Å². The van der Waals surface area contributed by atoms with Gasteiger partial charge in [0, 0.05) is 31.3 Å². The maximum atomic E-state index is 12.2. The highest BCUT2D eigenvalue weighted by atomic mass is 16.5. The Labute approximate surface area is 131 Å². The van der Waals surface area contributed by atoms with Gasteiger partial charge in [-0.15, -0.1) is 0 Å². The normalized spacial score (nSPS) is 17.9. The Bertz CT molecular complexity index is 542. The van der Waals surface area contributed by atoms with E-state index in [0.29, 0.717) is 24.8 Å². The molecule has 1 aromatic rings. The molecule has 120 valence electrons. The molecule has 1 aliphatic rings. The first-order valence-corrected chi connectivity index (χ1v) is 7.73. The van der Waals surface area contributed by atoms with Gasteiger partial charge >= 0.3 is 0 Å². The number of hydrogen-bond donors (Lipinski definition) is 1. The van der Waals surface area contributed by atoms with Crippen molar-refractivity contribution in [2.24, 2.45) is 11.8 Å². The first kappa shape index (κ1) is 16.3. The van der Waals surface area contributed by atoms with E-state index in [0.717, 1.165) is 12.1 Å². The van der Waals surface area contributed by atoms with Crippen molar-refractivity contribution in [2.75, 3.05) is 25.1 Å². The lowest BCUT2D eigenvalue weighted by molar-refractivity contribution is -0.126. The van der Waals surface area contributed by atoms with Crippen molar-refractivity contribution in [2.45, 2.75) is 26.7 Å². The Kier molecular flexibility index (Phi) is 5.41. The van der Waals surface area contributed by atoms with Crippen molar-refractivity contribution in [3.05, 3.63) is 24.3 Å². The van der Waals surface area contributed by atoms with Crippen LogP contribution in [0.5, 0.6) is 5.75 Å². The summed E-state index contributed by atoms with van der Waals surface area (Å²) in [4.78, 5) is 26.0. The summed E-state index contributed by atoms with van der Waals surface area (Å²) in [5, 5.41) is 2.93. The second kappa shape index (κ2) is 7.29. The molecule has 2 amide bonds. The quantitative estimate of drug-likeness (QED) is 0.876. The van der Waals surface area contributed by atoms with Crippen LogP contribution in [0, 0.1) is 11.8 Å². The summed E-state index contributed by atoms with van der Waals surface area (Å²) in [7, 11) is 1.59. The van der Waals surface area contributed by atoms with Gasteiger partial charge in [0.1, 0.15) is 5.75 Å². The largest absolute Gasteiger partial charge is 0.497 e. The molecule has 0 spiro atoms. The van der Waals surface area contributed by atoms with Crippen molar-refractivity contribution >= 4 is 17.5 Å². The number of carbonyl (C=O) groups is 2. The highest BCUT2D eigenvalue weighted by molar-refractivity contribution is 6.00. The molecule has 0 bridgehead atoms. The molecular weight excluding hydrogens is 280 g/mol. The fourth-order valence-corrected chi connectivity index (χ4v) is 2.54. The van der Waals surface area contributed by atoms with E-state index in [1.165, 1.54) is 0 Å². The van der Waals surface area contributed by atoms with Gasteiger partial charge in [-0.25, -0.2) is 0 Å². The average molecular weight is 304 g/mol. The minimum atomic E-state index is -0.272. The van der Waals surface area contributed by atoms with Gasteiger partial charge in [0.15, 0.2) is 0 Å². The van der Waals surface area contributed by atoms with Gasteiger partial charge in [-0.2, -0.15) is 0 Å². The van der Waals surface area contributed by atoms with E-state index < -0.39 is 0 Å². The molecule has 1 heterocycles. The number of benzene rings is 1. The zero-order chi connectivity index (χ0) is 16.1. The lowest BCUT2D eigenvalue weighted by Crippen LogP contribution is -2.33. The van der Waals surface area contributed by atoms with Crippen LogP contribution in [0.1, 0.15) is 26.7 Å². The van der Waals surface area contributed by atoms with Crippen LogP contribution in [-0.2, 0) is 9.59 Å². The first-order chi connectivity index (χ1) is 10.5. The predicted molar refractivity (Wildman–Crippen MR) is 85.9 cm³/mol. The van der Waals surface area contributed by atoms with E-state index in [1.54, 1.807) is 12.0 Å². The first-order valence-electron chi connectivity index (χ1n) is 7.73. The van der Waals surface area contributed by atoms with Gasteiger partial charge in [-0.3, -0.25) is 9.59 Å². The number of nitrogens with zero attached hydrogens (tertiary/aromatic N) is 1. The van der Waals surface area contributed by atoms with E-state index in [2.05, 4.69) is 19.2 Å². The minimum absolute atomic E-state index is 0.0164. The van der Waals surface area contributed by atoms with E-state index >= 15 is 0 Å². The van der Waals surface area contributed by atoms with Crippen LogP contribution in [0.3, 0.4) is 0 Å². The molecule has 1 N–H and O–H groups in total. The van der Waals surface area contributed by atoms with Gasteiger partial charge in [0.25, 0.3) is 0 Å². The van der Waals surface area contributed by atoms with Crippen LogP contribution in [0.2, 0.25) is 0 Å². The molecule has 1 aliphatic heterocycles. The van der Waals surface area contributed by atoms with Gasteiger partial charge in [-0.05, 0) is 24.5 Å². The van der Waals surface area contributed by atoms with E-state index in [-0.39, 0.29) is 24.2 Å². The molecule has 1 atom stereocenters. The maximum Gasteiger partial charge on any atom is 0.227 e. The molecule has 0 saturated carbocycles. The van der Waals surface area contributed by atoms with Crippen molar-refractivity contribution < 1.29 is 14.3 Å². The molecule has 22 heavy (non-hydrogen) atoms. The zero-order valence-corrected chi connectivity index (χ0v) is 13.5. The number of nitrogens with one attached hydrogen (secondary N) is 1. The molecule has 0 unspecified atom stereocenters. The van der Waals surface area contributed by atoms with Crippen molar-refractivity contribution in [3.8, 4) is 5.75 Å². The fraction of sp³-hybridized carbons (Fsp3) is 0.529. The SMILES string of the molecule is COc1cccc(N2C[C@H](C(=O)NCCC(C)C)CC2=O)c1. The molecule has 2 rings (SSSR count). The van der Waals surface area contributed by atoms with Crippen LogP contribution in [0.25, 0.3) is 0 Å². The molecule has 5 heteroatoms. The summed E-state index contributed by atoms with van der Waals surface area (Å²) in [6.45, 7) is 5.34. The number of carbonyl (C=O) groups excluding carboxylic acids is 2. The van der Waals surface area contributed by atoms with Crippen LogP contribution >= 0.6 is 0 Å². The molecule has 0 aromatic heterocycles. The van der Waals surface area contributed by atoms with E-state index in [4.69, 9.17) is 4.74 Å². The standard InChI is InChI=1S/C17H24N2O3/c1-12(2)7-8-18-17(21)13-9-16(20)19(11-13)14-5-4-6-15(10-14)22-3/h4-6,10,12-13H,7-9,11H2,1-3H3,(H,18,21)/t13-/m1/s1. The molecule has 1 fully saturated rings. The number of rotatable bonds is 6. The van der Waals surface area contributed by atoms with Crippen LogP contribution < -0.4 is 15.0 Å². The second-order valence-electron chi connectivity index (χ2n) is 6.08. The highest BCUT2D eigenvalue weighted by Crippen LogP contribution is 2.27. The third kappa shape index (κ3) is 4.00. The van der Waals surface area contributed by atoms with Crippen LogP contribution in [0.15, 0.2) is 24.3 Å². The predicted octanol–water partition coefficient (Wildman–Crippen LogP) is 2.21. The number of anilines is 1. The molecule has 0 aliphatic carbocycles. The summed E-state index contributed by atoms with van der Waals surface area (Å²) in [5.41, 5.74) is 0.779. The Balaban J connectivity index is 1.96. The molecule has 0 radical (unpaired) electrons. The summed E-state index contributed by atoms with van der Waals surface area (Å²) < 4.78 is 5.18. The van der Waals surface area contributed by atoms with Crippen molar-refractivity contribution in [1.29, 1.82) is 0 Å². The van der Waals surface area contributed by atoms with Gasteiger partial charge < -0.3 is 15.0 Å². The monoisotopic (exact) mass is 304 g/mol. The summed E-state index contributed by atoms with van der Waals surface area (Å²) in [6.07, 6.45) is 1.22. The third-order valence-electron chi connectivity index (χ3n) is 3.88. The number of hydrogen-bond acceptors (Lipinski definition) is 3. The van der Waals surface area contributed by atoms with Crippen molar-refractivity contribution in [3.63, 3.8) is 0 Å². The van der Waals surface area contributed by atoms with Crippen LogP contribution in [-0.4, -0.2) is 32.0 Å². The fourth-order valence-electron chi connectivity index (χ4n) is 2.54. The van der Waals surface area contributed by atoms with E-state index in [9.17, 15) is 9.59 Å². The average Bonchev–Trinajstić information content (AvgIpc) is 2.89. The molecule has 5 nitrogen and oxygen atoms in total. The summed E-state index contributed by atoms with van der Waals surface area (Å²) >= 11 is 0. The lowest BCUT2D eigenvalue weighted by atomic mass is 10.1. The summed E-state index contributed by atoms with van der Waals surface area (Å²) in [6, 6.07) is 7.36. The Morgan fingerprint density at radius 3 is 2.91 bits per heavy atom. The zero-order valence-electron chi connectivity index (χ0n) is 13.5. The molecular formula is C17H24N2O3. The third-order valence-corrected chi connectivity index (χ3v) is 3.88. The van der Waals surface area contributed by atoms with Crippen molar-refractivity contribution in [1.82, 2.24) is 5.32 Å². The van der Waals surface area contributed by atoms with Gasteiger partial charge in [0.2, 0.25) is 11.8 Å².